The third-order valence-corrected chi connectivity index (χ3v) is 3.96. The summed E-state index contributed by atoms with van der Waals surface area (Å²) in [4.78, 5) is 24.0. The SMILES string of the molecule is COC(=O)c1c(C(F)(F)F)csc1NC(=O)c1ccccc1OC. The Hall–Kier alpha value is -2.55. The van der Waals surface area contributed by atoms with Gasteiger partial charge in [0.05, 0.1) is 25.3 Å². The number of amides is 1. The Morgan fingerprint density at radius 1 is 1.17 bits per heavy atom. The van der Waals surface area contributed by atoms with Crippen molar-refractivity contribution in [1.82, 2.24) is 0 Å². The van der Waals surface area contributed by atoms with Gasteiger partial charge >= 0.3 is 12.1 Å². The summed E-state index contributed by atoms with van der Waals surface area (Å²) in [6, 6.07) is 6.20. The zero-order valence-electron chi connectivity index (χ0n) is 12.6. The average Bonchev–Trinajstić information content (AvgIpc) is 2.97. The summed E-state index contributed by atoms with van der Waals surface area (Å²) in [5.74, 6) is -1.63. The quantitative estimate of drug-likeness (QED) is 0.843. The second-order valence-corrected chi connectivity index (χ2v) is 5.38. The monoisotopic (exact) mass is 359 g/mol. The van der Waals surface area contributed by atoms with E-state index in [4.69, 9.17) is 4.74 Å². The van der Waals surface area contributed by atoms with E-state index in [1.165, 1.54) is 19.2 Å². The second kappa shape index (κ2) is 6.91. The van der Waals surface area contributed by atoms with E-state index in [9.17, 15) is 22.8 Å². The maximum absolute atomic E-state index is 13.0. The number of rotatable bonds is 4. The lowest BCUT2D eigenvalue weighted by atomic mass is 10.1. The molecule has 0 bridgehead atoms. The molecule has 2 aromatic rings. The molecule has 0 aliphatic heterocycles. The molecular formula is C15H12F3NO4S. The number of para-hydroxylation sites is 1. The minimum absolute atomic E-state index is 0.123. The molecule has 0 fully saturated rings. The molecule has 24 heavy (non-hydrogen) atoms. The van der Waals surface area contributed by atoms with E-state index in [1.54, 1.807) is 12.1 Å². The molecule has 0 saturated heterocycles. The zero-order valence-corrected chi connectivity index (χ0v) is 13.4. The van der Waals surface area contributed by atoms with E-state index in [-0.39, 0.29) is 16.3 Å². The molecule has 1 aromatic carbocycles. The van der Waals surface area contributed by atoms with E-state index in [0.29, 0.717) is 11.3 Å². The highest BCUT2D eigenvalue weighted by Gasteiger charge is 2.39. The van der Waals surface area contributed by atoms with Crippen LogP contribution in [0.3, 0.4) is 0 Å². The zero-order chi connectivity index (χ0) is 17.9. The number of ether oxygens (including phenoxy) is 2. The maximum atomic E-state index is 13.0. The molecule has 2 rings (SSSR count). The van der Waals surface area contributed by atoms with Gasteiger partial charge in [0.15, 0.2) is 0 Å². The molecule has 1 N–H and O–H groups in total. The Bertz CT molecular complexity index is 770. The normalized spacial score (nSPS) is 11.0. The molecule has 1 amide bonds. The van der Waals surface area contributed by atoms with Crippen molar-refractivity contribution in [3.63, 3.8) is 0 Å². The summed E-state index contributed by atoms with van der Waals surface area (Å²) in [5.41, 5.74) is -1.76. The second-order valence-electron chi connectivity index (χ2n) is 4.50. The Kier molecular flexibility index (Phi) is 5.13. The number of halogens is 3. The van der Waals surface area contributed by atoms with Gasteiger partial charge in [0.2, 0.25) is 0 Å². The summed E-state index contributed by atoms with van der Waals surface area (Å²) in [7, 11) is 2.32. The van der Waals surface area contributed by atoms with Crippen molar-refractivity contribution in [3.8, 4) is 5.75 Å². The minimum atomic E-state index is -4.74. The van der Waals surface area contributed by atoms with Gasteiger partial charge in [0, 0.05) is 5.38 Å². The molecule has 0 spiro atoms. The van der Waals surface area contributed by atoms with Crippen LogP contribution in [0.25, 0.3) is 0 Å². The number of nitrogens with one attached hydrogen (secondary N) is 1. The number of alkyl halides is 3. The van der Waals surface area contributed by atoms with Crippen LogP contribution in [-0.4, -0.2) is 26.1 Å². The van der Waals surface area contributed by atoms with Crippen molar-refractivity contribution >= 4 is 28.2 Å². The van der Waals surface area contributed by atoms with Crippen molar-refractivity contribution in [2.24, 2.45) is 0 Å². The summed E-state index contributed by atoms with van der Waals surface area (Å²) in [6.07, 6.45) is -4.74. The van der Waals surface area contributed by atoms with Gasteiger partial charge in [-0.1, -0.05) is 12.1 Å². The molecule has 9 heteroatoms. The smallest absolute Gasteiger partial charge is 0.418 e. The van der Waals surface area contributed by atoms with Crippen LogP contribution in [0.15, 0.2) is 29.6 Å². The lowest BCUT2D eigenvalue weighted by Crippen LogP contribution is -2.17. The molecule has 1 aromatic heterocycles. The first-order valence-corrected chi connectivity index (χ1v) is 7.39. The molecule has 0 unspecified atom stereocenters. The minimum Gasteiger partial charge on any atom is -0.496 e. The van der Waals surface area contributed by atoms with Gasteiger partial charge in [-0.3, -0.25) is 4.79 Å². The Labute approximate surface area is 139 Å². The predicted molar refractivity (Wildman–Crippen MR) is 81.6 cm³/mol. The first kappa shape index (κ1) is 17.8. The fourth-order valence-electron chi connectivity index (χ4n) is 1.97. The lowest BCUT2D eigenvalue weighted by molar-refractivity contribution is -0.137. The highest BCUT2D eigenvalue weighted by molar-refractivity contribution is 7.15. The molecule has 0 aliphatic carbocycles. The fourth-order valence-corrected chi connectivity index (χ4v) is 2.92. The predicted octanol–water partition coefficient (Wildman–Crippen LogP) is 3.81. The van der Waals surface area contributed by atoms with Crippen LogP contribution in [-0.2, 0) is 10.9 Å². The number of anilines is 1. The van der Waals surface area contributed by atoms with E-state index in [0.717, 1.165) is 12.5 Å². The molecule has 0 radical (unpaired) electrons. The van der Waals surface area contributed by atoms with Gasteiger partial charge in [-0.05, 0) is 12.1 Å². The van der Waals surface area contributed by atoms with Crippen LogP contribution in [0.1, 0.15) is 26.3 Å². The number of benzene rings is 1. The van der Waals surface area contributed by atoms with Gasteiger partial charge in [0.25, 0.3) is 5.91 Å². The molecule has 1 heterocycles. The van der Waals surface area contributed by atoms with Crippen LogP contribution >= 0.6 is 11.3 Å². The third kappa shape index (κ3) is 3.51. The van der Waals surface area contributed by atoms with E-state index in [2.05, 4.69) is 10.1 Å². The lowest BCUT2D eigenvalue weighted by Gasteiger charge is -2.11. The highest BCUT2D eigenvalue weighted by Crippen LogP contribution is 2.40. The number of carbonyl (C=O) groups is 2. The maximum Gasteiger partial charge on any atom is 0.418 e. The number of thiophene rings is 1. The van der Waals surface area contributed by atoms with E-state index in [1.807, 2.05) is 0 Å². The van der Waals surface area contributed by atoms with E-state index < -0.39 is 29.2 Å². The number of hydrogen-bond acceptors (Lipinski definition) is 5. The number of carbonyl (C=O) groups excluding carboxylic acids is 2. The topological polar surface area (TPSA) is 64.6 Å². The largest absolute Gasteiger partial charge is 0.496 e. The summed E-state index contributed by atoms with van der Waals surface area (Å²) >= 11 is 0.590. The molecule has 0 atom stereocenters. The Morgan fingerprint density at radius 3 is 2.42 bits per heavy atom. The Morgan fingerprint density at radius 2 is 1.83 bits per heavy atom. The molecule has 0 aliphatic rings. The van der Waals surface area contributed by atoms with Crippen molar-refractivity contribution in [2.75, 3.05) is 19.5 Å². The highest BCUT2D eigenvalue weighted by atomic mass is 32.1. The summed E-state index contributed by atoms with van der Waals surface area (Å²) in [5, 5.41) is 2.82. The first-order chi connectivity index (χ1) is 11.3. The molecule has 128 valence electrons. The van der Waals surface area contributed by atoms with Crippen molar-refractivity contribution < 1.29 is 32.2 Å². The van der Waals surface area contributed by atoms with Gasteiger partial charge in [0.1, 0.15) is 16.3 Å². The number of hydrogen-bond donors (Lipinski definition) is 1. The summed E-state index contributed by atoms with van der Waals surface area (Å²) < 4.78 is 48.4. The van der Waals surface area contributed by atoms with Crippen molar-refractivity contribution in [2.45, 2.75) is 6.18 Å². The van der Waals surface area contributed by atoms with Crippen LogP contribution in [0.2, 0.25) is 0 Å². The fraction of sp³-hybridized carbons (Fsp3) is 0.200. The standard InChI is InChI=1S/C15H12F3NO4S/c1-22-10-6-4-3-5-8(10)12(20)19-13-11(14(21)23-2)9(7-24-13)15(16,17)18/h3-7H,1-2H3,(H,19,20). The van der Waals surface area contributed by atoms with Crippen LogP contribution in [0, 0.1) is 0 Å². The van der Waals surface area contributed by atoms with Crippen molar-refractivity contribution in [1.29, 1.82) is 0 Å². The van der Waals surface area contributed by atoms with Gasteiger partial charge in [-0.15, -0.1) is 11.3 Å². The first-order valence-electron chi connectivity index (χ1n) is 6.51. The van der Waals surface area contributed by atoms with Gasteiger partial charge in [-0.25, -0.2) is 4.79 Å². The number of methoxy groups -OCH3 is 2. The van der Waals surface area contributed by atoms with Crippen molar-refractivity contribution in [3.05, 3.63) is 46.3 Å². The summed E-state index contributed by atoms with van der Waals surface area (Å²) in [6.45, 7) is 0. The molecule has 0 saturated carbocycles. The number of esters is 1. The van der Waals surface area contributed by atoms with Crippen LogP contribution < -0.4 is 10.1 Å². The molecule has 5 nitrogen and oxygen atoms in total. The average molecular weight is 359 g/mol. The van der Waals surface area contributed by atoms with E-state index >= 15 is 0 Å². The molecular weight excluding hydrogens is 347 g/mol. The third-order valence-electron chi connectivity index (χ3n) is 3.06. The van der Waals surface area contributed by atoms with Gasteiger partial charge < -0.3 is 14.8 Å². The Balaban J connectivity index is 2.41. The van der Waals surface area contributed by atoms with Crippen LogP contribution in [0.5, 0.6) is 5.75 Å². The van der Waals surface area contributed by atoms with Gasteiger partial charge in [-0.2, -0.15) is 13.2 Å². The van der Waals surface area contributed by atoms with Crippen LogP contribution in [0.4, 0.5) is 18.2 Å².